The SMILES string of the molecule is O=c1cc(O)nc(Sc2cc([N+](=O)[O-])c(O)c([N+](=O)[O-])c2)[nH]1. The summed E-state index contributed by atoms with van der Waals surface area (Å²) in [6.07, 6.45) is 0. The Morgan fingerprint density at radius 1 is 1.09 bits per heavy atom. The molecule has 0 saturated heterocycles. The summed E-state index contributed by atoms with van der Waals surface area (Å²) in [5.74, 6) is -1.65. The minimum absolute atomic E-state index is 0.0232. The summed E-state index contributed by atoms with van der Waals surface area (Å²) in [6, 6.07) is 2.58. The average Bonchev–Trinajstić information content (AvgIpc) is 2.38. The highest BCUT2D eigenvalue weighted by atomic mass is 32.2. The topological polar surface area (TPSA) is 172 Å². The first kappa shape index (κ1) is 15.2. The Hall–Kier alpha value is -3.15. The molecule has 3 N–H and O–H groups in total. The maximum Gasteiger partial charge on any atom is 0.319 e. The maximum absolute atomic E-state index is 11.2. The van der Waals surface area contributed by atoms with E-state index >= 15 is 0 Å². The molecule has 11 nitrogen and oxygen atoms in total. The van der Waals surface area contributed by atoms with Crippen molar-refractivity contribution in [2.45, 2.75) is 10.1 Å². The Bertz CT molecular complexity index is 799. The van der Waals surface area contributed by atoms with Gasteiger partial charge in [0.25, 0.3) is 11.3 Å². The van der Waals surface area contributed by atoms with Crippen molar-refractivity contribution < 1.29 is 20.1 Å². The van der Waals surface area contributed by atoms with Crippen LogP contribution in [-0.2, 0) is 0 Å². The van der Waals surface area contributed by atoms with Crippen molar-refractivity contribution in [2.75, 3.05) is 0 Å². The predicted octanol–water partition coefficient (Wildman–Crippen LogP) is 1.15. The zero-order chi connectivity index (χ0) is 16.4. The van der Waals surface area contributed by atoms with E-state index in [1.165, 1.54) is 0 Å². The van der Waals surface area contributed by atoms with Gasteiger partial charge in [-0.25, -0.2) is 0 Å². The number of H-pyrrole nitrogens is 1. The van der Waals surface area contributed by atoms with Gasteiger partial charge in [0.1, 0.15) is 0 Å². The Morgan fingerprint density at radius 2 is 1.64 bits per heavy atom. The highest BCUT2D eigenvalue weighted by Gasteiger charge is 2.26. The van der Waals surface area contributed by atoms with Crippen LogP contribution in [-0.4, -0.2) is 30.0 Å². The van der Waals surface area contributed by atoms with Crippen LogP contribution in [0.15, 0.2) is 33.0 Å². The normalized spacial score (nSPS) is 10.4. The van der Waals surface area contributed by atoms with Crippen LogP contribution in [0.2, 0.25) is 0 Å². The van der Waals surface area contributed by atoms with Crippen LogP contribution in [0.3, 0.4) is 0 Å². The Morgan fingerprint density at radius 3 is 2.09 bits per heavy atom. The average molecular weight is 326 g/mol. The summed E-state index contributed by atoms with van der Waals surface area (Å²) in [4.78, 5) is 36.6. The summed E-state index contributed by atoms with van der Waals surface area (Å²) < 4.78 is 0. The number of hydrogen-bond donors (Lipinski definition) is 3. The van der Waals surface area contributed by atoms with Crippen LogP contribution in [0.4, 0.5) is 11.4 Å². The van der Waals surface area contributed by atoms with Gasteiger partial charge < -0.3 is 15.2 Å². The molecule has 0 aliphatic carbocycles. The summed E-state index contributed by atoms with van der Waals surface area (Å²) in [6.45, 7) is 0. The number of nitro groups is 2. The molecule has 0 aliphatic heterocycles. The Labute approximate surface area is 124 Å². The molecule has 2 rings (SSSR count). The van der Waals surface area contributed by atoms with Crippen LogP contribution in [0.25, 0.3) is 0 Å². The van der Waals surface area contributed by atoms with Crippen molar-refractivity contribution >= 4 is 23.1 Å². The first-order chi connectivity index (χ1) is 10.3. The highest BCUT2D eigenvalue weighted by molar-refractivity contribution is 7.99. The van der Waals surface area contributed by atoms with Crippen LogP contribution in [0.1, 0.15) is 0 Å². The molecule has 12 heteroatoms. The number of hydrogen-bond acceptors (Lipinski definition) is 9. The molecule has 0 amide bonds. The van der Waals surface area contributed by atoms with Gasteiger partial charge in [0.2, 0.25) is 5.88 Å². The van der Waals surface area contributed by atoms with E-state index in [-0.39, 0.29) is 10.1 Å². The highest BCUT2D eigenvalue weighted by Crippen LogP contribution is 2.40. The number of aromatic hydroxyl groups is 2. The first-order valence-electron chi connectivity index (χ1n) is 5.42. The maximum atomic E-state index is 11.2. The minimum atomic E-state index is -1.07. The van der Waals surface area contributed by atoms with Gasteiger partial charge in [-0.15, -0.1) is 0 Å². The third kappa shape index (κ3) is 3.12. The second-order valence-corrected chi connectivity index (χ2v) is 4.90. The molecule has 2 aromatic rings. The third-order valence-electron chi connectivity index (χ3n) is 2.36. The third-order valence-corrected chi connectivity index (χ3v) is 3.22. The van der Waals surface area contributed by atoms with Crippen LogP contribution in [0.5, 0.6) is 11.6 Å². The van der Waals surface area contributed by atoms with Gasteiger partial charge in [-0.1, -0.05) is 11.8 Å². The molecular formula is C10H6N4O7S. The lowest BCUT2D eigenvalue weighted by atomic mass is 10.2. The number of aromatic nitrogens is 2. The lowest BCUT2D eigenvalue weighted by Crippen LogP contribution is -2.05. The Kier molecular flexibility index (Phi) is 3.94. The molecular weight excluding hydrogens is 320 g/mol. The van der Waals surface area contributed by atoms with E-state index in [0.717, 1.165) is 18.2 Å². The number of nitro benzene ring substituents is 2. The van der Waals surface area contributed by atoms with E-state index in [2.05, 4.69) is 9.97 Å². The number of rotatable bonds is 4. The molecule has 0 saturated carbocycles. The number of phenols is 1. The summed E-state index contributed by atoms with van der Waals surface area (Å²) >= 11 is 0.641. The number of nitrogens with one attached hydrogen (secondary N) is 1. The number of nitrogens with zero attached hydrogens (tertiary/aromatic N) is 3. The number of benzene rings is 1. The molecule has 1 heterocycles. The minimum Gasteiger partial charge on any atom is -0.497 e. The molecule has 22 heavy (non-hydrogen) atoms. The van der Waals surface area contributed by atoms with Crippen LogP contribution in [0, 0.1) is 20.2 Å². The van der Waals surface area contributed by atoms with E-state index in [4.69, 9.17) is 0 Å². The number of aromatic amines is 1. The van der Waals surface area contributed by atoms with E-state index in [1.807, 2.05) is 0 Å². The Balaban J connectivity index is 2.53. The van der Waals surface area contributed by atoms with Gasteiger partial charge in [-0.3, -0.25) is 25.0 Å². The van der Waals surface area contributed by atoms with Crippen LogP contribution < -0.4 is 5.56 Å². The molecule has 0 radical (unpaired) electrons. The molecule has 0 atom stereocenters. The van der Waals surface area contributed by atoms with Crippen molar-refractivity contribution in [1.82, 2.24) is 9.97 Å². The van der Waals surface area contributed by atoms with Crippen molar-refractivity contribution in [3.63, 3.8) is 0 Å². The lowest BCUT2D eigenvalue weighted by molar-refractivity contribution is -0.396. The van der Waals surface area contributed by atoms with E-state index in [0.29, 0.717) is 11.8 Å². The second-order valence-electron chi connectivity index (χ2n) is 3.84. The summed E-state index contributed by atoms with van der Waals surface area (Å²) in [7, 11) is 0. The quantitative estimate of drug-likeness (QED) is 0.423. The second kappa shape index (κ2) is 5.69. The van der Waals surface area contributed by atoms with Crippen molar-refractivity contribution in [3.05, 3.63) is 48.8 Å². The zero-order valence-electron chi connectivity index (χ0n) is 10.4. The van der Waals surface area contributed by atoms with Gasteiger partial charge in [0.15, 0.2) is 5.16 Å². The molecule has 0 unspecified atom stereocenters. The van der Waals surface area contributed by atoms with Crippen LogP contribution >= 0.6 is 11.8 Å². The molecule has 0 aliphatic rings. The predicted molar refractivity (Wildman–Crippen MR) is 72.1 cm³/mol. The molecule has 0 fully saturated rings. The fourth-order valence-corrected chi connectivity index (χ4v) is 2.35. The monoisotopic (exact) mass is 326 g/mol. The van der Waals surface area contributed by atoms with Crippen molar-refractivity contribution in [2.24, 2.45) is 0 Å². The molecule has 0 bridgehead atoms. The van der Waals surface area contributed by atoms with E-state index in [9.17, 15) is 35.2 Å². The van der Waals surface area contributed by atoms with E-state index in [1.54, 1.807) is 0 Å². The van der Waals surface area contributed by atoms with Gasteiger partial charge >= 0.3 is 11.4 Å². The van der Waals surface area contributed by atoms with Crippen molar-refractivity contribution in [3.8, 4) is 11.6 Å². The molecule has 1 aromatic carbocycles. The lowest BCUT2D eigenvalue weighted by Gasteiger charge is -2.03. The fourth-order valence-electron chi connectivity index (χ4n) is 1.50. The van der Waals surface area contributed by atoms with Gasteiger partial charge in [-0.05, 0) is 0 Å². The van der Waals surface area contributed by atoms with Gasteiger partial charge in [0.05, 0.1) is 15.9 Å². The van der Waals surface area contributed by atoms with Gasteiger partial charge in [0, 0.05) is 17.0 Å². The van der Waals surface area contributed by atoms with E-state index < -0.39 is 38.4 Å². The van der Waals surface area contributed by atoms with Crippen molar-refractivity contribution in [1.29, 1.82) is 0 Å². The smallest absolute Gasteiger partial charge is 0.319 e. The fraction of sp³-hybridized carbons (Fsp3) is 0. The summed E-state index contributed by atoms with van der Waals surface area (Å²) in [5.41, 5.74) is -2.39. The molecule has 114 valence electrons. The standard InChI is InChI=1S/C10H6N4O7S/c15-7-3-8(16)12-10(11-7)22-4-1-5(13(18)19)9(17)6(2-4)14(20)21/h1-3,17H,(H2,11,12,15,16). The number of phenolic OH excluding ortho intramolecular Hbond substituents is 1. The molecule has 0 spiro atoms. The largest absolute Gasteiger partial charge is 0.497 e. The summed E-state index contributed by atoms with van der Waals surface area (Å²) in [5, 5.41) is 40.2. The molecule has 1 aromatic heterocycles. The first-order valence-corrected chi connectivity index (χ1v) is 6.23. The van der Waals surface area contributed by atoms with Gasteiger partial charge in [-0.2, -0.15) is 4.98 Å². The zero-order valence-corrected chi connectivity index (χ0v) is 11.2.